The number of carboxylic acids is 1. The third-order valence-corrected chi connectivity index (χ3v) is 3.42. The van der Waals surface area contributed by atoms with Crippen LogP contribution in [0.5, 0.6) is 0 Å². The molecule has 0 aliphatic rings. The highest BCUT2D eigenvalue weighted by molar-refractivity contribution is 7.12. The number of carbonyl (C=O) groups is 1. The Kier molecular flexibility index (Phi) is 3.48. The highest BCUT2D eigenvalue weighted by Gasteiger charge is 2.08. The molecule has 1 aromatic rings. The van der Waals surface area contributed by atoms with Gasteiger partial charge in [0, 0.05) is 9.75 Å². The van der Waals surface area contributed by atoms with E-state index in [9.17, 15) is 4.79 Å². The molecule has 0 aliphatic heterocycles. The van der Waals surface area contributed by atoms with Crippen LogP contribution in [0.3, 0.4) is 0 Å². The average molecular weight is 198 g/mol. The molecule has 0 radical (unpaired) electrons. The van der Waals surface area contributed by atoms with E-state index in [1.165, 1.54) is 4.88 Å². The van der Waals surface area contributed by atoms with Crippen LogP contribution < -0.4 is 0 Å². The zero-order valence-electron chi connectivity index (χ0n) is 7.91. The van der Waals surface area contributed by atoms with E-state index >= 15 is 0 Å². The number of thiophene rings is 1. The quantitative estimate of drug-likeness (QED) is 0.807. The van der Waals surface area contributed by atoms with E-state index in [2.05, 4.69) is 13.8 Å². The van der Waals surface area contributed by atoms with Gasteiger partial charge in [-0.2, -0.15) is 0 Å². The minimum atomic E-state index is -0.752. The summed E-state index contributed by atoms with van der Waals surface area (Å²) in [6.45, 7) is 4.30. The lowest BCUT2D eigenvalue weighted by Gasteiger charge is -2.02. The van der Waals surface area contributed by atoms with Gasteiger partial charge in [0.2, 0.25) is 0 Å². The largest absolute Gasteiger partial charge is 0.481 e. The third-order valence-electron chi connectivity index (χ3n) is 2.11. The van der Waals surface area contributed by atoms with Crippen LogP contribution in [0.4, 0.5) is 0 Å². The Hall–Kier alpha value is -0.830. The van der Waals surface area contributed by atoms with E-state index in [0.29, 0.717) is 5.92 Å². The fraction of sp³-hybridized carbons (Fsp3) is 0.500. The lowest BCUT2D eigenvalue weighted by atomic mass is 10.1. The van der Waals surface area contributed by atoms with Crippen molar-refractivity contribution in [2.75, 3.05) is 0 Å². The zero-order valence-corrected chi connectivity index (χ0v) is 8.73. The van der Waals surface area contributed by atoms with E-state index in [-0.39, 0.29) is 6.42 Å². The molecule has 3 heteroatoms. The van der Waals surface area contributed by atoms with Gasteiger partial charge < -0.3 is 5.11 Å². The molecular formula is C10H14O2S. The molecule has 0 aromatic carbocycles. The van der Waals surface area contributed by atoms with Crippen molar-refractivity contribution >= 4 is 17.3 Å². The van der Waals surface area contributed by atoms with Crippen molar-refractivity contribution < 1.29 is 9.90 Å². The first kappa shape index (κ1) is 10.3. The first-order valence-corrected chi connectivity index (χ1v) is 5.25. The standard InChI is InChI=1S/C10H14O2S/c1-3-7(2)9-5-4-8(13-9)6-10(11)12/h4-5,7H,3,6H2,1-2H3,(H,11,12). The lowest BCUT2D eigenvalue weighted by Crippen LogP contribution is -1.97. The minimum absolute atomic E-state index is 0.154. The average Bonchev–Trinajstić information content (AvgIpc) is 2.50. The molecule has 0 spiro atoms. The summed E-state index contributed by atoms with van der Waals surface area (Å²) in [6.07, 6.45) is 1.26. The predicted octanol–water partition coefficient (Wildman–Crippen LogP) is 2.89. The fourth-order valence-corrected chi connectivity index (χ4v) is 2.24. The normalized spacial score (nSPS) is 12.8. The molecule has 0 amide bonds. The Bertz CT molecular complexity index is 291. The number of aliphatic carboxylic acids is 1. The van der Waals surface area contributed by atoms with E-state index in [0.717, 1.165) is 11.3 Å². The van der Waals surface area contributed by atoms with Gasteiger partial charge in [-0.1, -0.05) is 13.8 Å². The molecule has 0 saturated carbocycles. The van der Waals surface area contributed by atoms with Crippen molar-refractivity contribution in [3.05, 3.63) is 21.9 Å². The van der Waals surface area contributed by atoms with Crippen molar-refractivity contribution in [1.29, 1.82) is 0 Å². The van der Waals surface area contributed by atoms with Crippen LogP contribution in [-0.4, -0.2) is 11.1 Å². The second kappa shape index (κ2) is 4.42. The van der Waals surface area contributed by atoms with Gasteiger partial charge in [-0.05, 0) is 24.5 Å². The third kappa shape index (κ3) is 2.84. The highest BCUT2D eigenvalue weighted by atomic mass is 32.1. The second-order valence-corrected chi connectivity index (χ2v) is 4.38. The smallest absolute Gasteiger partial charge is 0.308 e. The summed E-state index contributed by atoms with van der Waals surface area (Å²) < 4.78 is 0. The van der Waals surface area contributed by atoms with Crippen LogP contribution >= 0.6 is 11.3 Å². The first-order chi connectivity index (χ1) is 6.13. The number of hydrogen-bond acceptors (Lipinski definition) is 2. The van der Waals surface area contributed by atoms with Gasteiger partial charge in [0.25, 0.3) is 0 Å². The second-order valence-electron chi connectivity index (χ2n) is 3.18. The molecular weight excluding hydrogens is 184 g/mol. The molecule has 2 nitrogen and oxygen atoms in total. The van der Waals surface area contributed by atoms with Crippen LogP contribution in [-0.2, 0) is 11.2 Å². The maximum absolute atomic E-state index is 10.4. The van der Waals surface area contributed by atoms with E-state index in [1.807, 2.05) is 12.1 Å². The van der Waals surface area contributed by atoms with Crippen LogP contribution in [0.1, 0.15) is 35.9 Å². The van der Waals surface area contributed by atoms with Gasteiger partial charge in [-0.25, -0.2) is 0 Å². The molecule has 0 saturated heterocycles. The Morgan fingerprint density at radius 2 is 2.31 bits per heavy atom. The van der Waals surface area contributed by atoms with Crippen molar-refractivity contribution in [2.45, 2.75) is 32.6 Å². The number of hydrogen-bond donors (Lipinski definition) is 1. The van der Waals surface area contributed by atoms with E-state index in [1.54, 1.807) is 11.3 Å². The molecule has 1 atom stereocenters. The zero-order chi connectivity index (χ0) is 9.84. The Morgan fingerprint density at radius 1 is 1.62 bits per heavy atom. The molecule has 72 valence electrons. The van der Waals surface area contributed by atoms with E-state index in [4.69, 9.17) is 5.11 Å². The lowest BCUT2D eigenvalue weighted by molar-refractivity contribution is -0.136. The van der Waals surface area contributed by atoms with Crippen LogP contribution in [0, 0.1) is 0 Å². The molecule has 0 bridgehead atoms. The maximum Gasteiger partial charge on any atom is 0.308 e. The summed E-state index contributed by atoms with van der Waals surface area (Å²) >= 11 is 1.61. The fourth-order valence-electron chi connectivity index (χ4n) is 1.10. The molecule has 13 heavy (non-hydrogen) atoms. The summed E-state index contributed by atoms with van der Waals surface area (Å²) in [5.41, 5.74) is 0. The molecule has 1 heterocycles. The van der Waals surface area contributed by atoms with Crippen LogP contribution in [0.25, 0.3) is 0 Å². The molecule has 1 N–H and O–H groups in total. The predicted molar refractivity (Wildman–Crippen MR) is 54.4 cm³/mol. The summed E-state index contributed by atoms with van der Waals surface area (Å²) in [7, 11) is 0. The van der Waals surface area contributed by atoms with Gasteiger partial charge in [0.05, 0.1) is 6.42 Å². The van der Waals surface area contributed by atoms with Gasteiger partial charge in [-0.15, -0.1) is 11.3 Å². The SMILES string of the molecule is CCC(C)c1ccc(CC(=O)O)s1. The van der Waals surface area contributed by atoms with E-state index < -0.39 is 5.97 Å². The summed E-state index contributed by atoms with van der Waals surface area (Å²) in [5, 5.41) is 8.58. The van der Waals surface area contributed by atoms with Crippen LogP contribution in [0.2, 0.25) is 0 Å². The molecule has 0 aliphatic carbocycles. The Balaban J connectivity index is 2.68. The Morgan fingerprint density at radius 3 is 2.85 bits per heavy atom. The number of rotatable bonds is 4. The molecule has 1 aromatic heterocycles. The molecule has 1 unspecified atom stereocenters. The number of carboxylic acid groups (broad SMARTS) is 1. The van der Waals surface area contributed by atoms with Crippen molar-refractivity contribution in [3.8, 4) is 0 Å². The minimum Gasteiger partial charge on any atom is -0.481 e. The first-order valence-electron chi connectivity index (χ1n) is 4.44. The van der Waals surface area contributed by atoms with Gasteiger partial charge in [0.1, 0.15) is 0 Å². The Labute approximate surface area is 82.2 Å². The summed E-state index contributed by atoms with van der Waals surface area (Å²) in [4.78, 5) is 12.7. The van der Waals surface area contributed by atoms with Gasteiger partial charge >= 0.3 is 5.97 Å². The topological polar surface area (TPSA) is 37.3 Å². The van der Waals surface area contributed by atoms with Crippen molar-refractivity contribution in [1.82, 2.24) is 0 Å². The molecule has 0 fully saturated rings. The maximum atomic E-state index is 10.4. The highest BCUT2D eigenvalue weighted by Crippen LogP contribution is 2.26. The molecule has 1 rings (SSSR count). The van der Waals surface area contributed by atoms with Crippen molar-refractivity contribution in [2.24, 2.45) is 0 Å². The summed E-state index contributed by atoms with van der Waals surface area (Å²) in [6, 6.07) is 3.96. The van der Waals surface area contributed by atoms with Gasteiger partial charge in [0.15, 0.2) is 0 Å². The van der Waals surface area contributed by atoms with Gasteiger partial charge in [-0.3, -0.25) is 4.79 Å². The summed E-state index contributed by atoms with van der Waals surface area (Å²) in [5.74, 6) is -0.204. The monoisotopic (exact) mass is 198 g/mol. The van der Waals surface area contributed by atoms with Crippen molar-refractivity contribution in [3.63, 3.8) is 0 Å². The van der Waals surface area contributed by atoms with Crippen LogP contribution in [0.15, 0.2) is 12.1 Å².